The van der Waals surface area contributed by atoms with Gasteiger partial charge in [0.2, 0.25) is 0 Å². The van der Waals surface area contributed by atoms with E-state index in [0.29, 0.717) is 26.0 Å². The third-order valence-electron chi connectivity index (χ3n) is 4.46. The van der Waals surface area contributed by atoms with Crippen LogP contribution in [0.3, 0.4) is 0 Å². The Balaban J connectivity index is 1.58. The molecular formula is C15H21F3N4O4. The summed E-state index contributed by atoms with van der Waals surface area (Å²) in [5.41, 5.74) is -1.33. The Morgan fingerprint density at radius 3 is 2.62 bits per heavy atom. The minimum atomic E-state index is -4.62. The van der Waals surface area contributed by atoms with Crippen molar-refractivity contribution in [2.45, 2.75) is 43.0 Å². The van der Waals surface area contributed by atoms with E-state index in [-0.39, 0.29) is 18.0 Å². The number of alkyl halides is 3. The number of halogens is 3. The van der Waals surface area contributed by atoms with Crippen molar-refractivity contribution in [1.29, 1.82) is 0 Å². The molecule has 3 heterocycles. The number of rotatable bonds is 5. The number of anilines is 1. The van der Waals surface area contributed by atoms with Crippen LogP contribution in [-0.2, 0) is 15.7 Å². The van der Waals surface area contributed by atoms with Gasteiger partial charge in [0.1, 0.15) is 18.0 Å². The molecule has 8 nitrogen and oxygen atoms in total. The van der Waals surface area contributed by atoms with Crippen LogP contribution in [0.5, 0.6) is 0 Å². The predicted molar refractivity (Wildman–Crippen MR) is 83.4 cm³/mol. The maximum absolute atomic E-state index is 12.7. The summed E-state index contributed by atoms with van der Waals surface area (Å²) in [4.78, 5) is 6.93. The van der Waals surface area contributed by atoms with Crippen molar-refractivity contribution in [1.82, 2.24) is 15.3 Å². The number of ether oxygens (including phenoxy) is 2. The zero-order valence-corrected chi connectivity index (χ0v) is 14.0. The molecular weight excluding hydrogens is 357 g/mol. The maximum atomic E-state index is 12.7. The van der Waals surface area contributed by atoms with Crippen LogP contribution in [0.25, 0.3) is 0 Å². The van der Waals surface area contributed by atoms with Gasteiger partial charge in [-0.1, -0.05) is 0 Å². The van der Waals surface area contributed by atoms with E-state index in [4.69, 9.17) is 9.47 Å². The molecule has 3 rings (SSSR count). The van der Waals surface area contributed by atoms with Crippen molar-refractivity contribution in [2.75, 3.05) is 31.7 Å². The Morgan fingerprint density at radius 2 is 2.00 bits per heavy atom. The average molecular weight is 378 g/mol. The summed E-state index contributed by atoms with van der Waals surface area (Å²) in [5.74, 6) is -0.157. The van der Waals surface area contributed by atoms with Gasteiger partial charge in [0.05, 0.1) is 49.9 Å². The first-order valence-corrected chi connectivity index (χ1v) is 8.14. The Morgan fingerprint density at radius 1 is 1.27 bits per heavy atom. The Kier molecular flexibility index (Phi) is 5.35. The van der Waals surface area contributed by atoms with Gasteiger partial charge in [0.15, 0.2) is 5.69 Å². The summed E-state index contributed by atoms with van der Waals surface area (Å²) in [6, 6.07) is -0.818. The zero-order chi connectivity index (χ0) is 18.9. The molecule has 1 aromatic heterocycles. The highest BCUT2D eigenvalue weighted by Crippen LogP contribution is 2.28. The fourth-order valence-electron chi connectivity index (χ4n) is 2.81. The first-order chi connectivity index (χ1) is 12.2. The highest BCUT2D eigenvalue weighted by Gasteiger charge is 2.41. The van der Waals surface area contributed by atoms with E-state index in [2.05, 4.69) is 20.6 Å². The SMILES string of the molecule is CC1(NC[C@H]2OCC(Nc3cncc(C(F)(F)F)n3)C(O)C2O)COC1. The van der Waals surface area contributed by atoms with Gasteiger partial charge in [-0.15, -0.1) is 0 Å². The topological polar surface area (TPSA) is 109 Å². The minimum absolute atomic E-state index is 0.00425. The largest absolute Gasteiger partial charge is 0.434 e. The van der Waals surface area contributed by atoms with Gasteiger partial charge in [0, 0.05) is 6.54 Å². The molecule has 0 aliphatic carbocycles. The Labute approximate surface area is 147 Å². The fourth-order valence-corrected chi connectivity index (χ4v) is 2.81. The minimum Gasteiger partial charge on any atom is -0.388 e. The molecule has 0 radical (unpaired) electrons. The lowest BCUT2D eigenvalue weighted by Gasteiger charge is -2.43. The molecule has 4 N–H and O–H groups in total. The van der Waals surface area contributed by atoms with Crippen molar-refractivity contribution < 1.29 is 32.9 Å². The third-order valence-corrected chi connectivity index (χ3v) is 4.46. The quantitative estimate of drug-likeness (QED) is 0.557. The van der Waals surface area contributed by atoms with Crippen molar-refractivity contribution in [2.24, 2.45) is 0 Å². The number of hydrogen-bond acceptors (Lipinski definition) is 8. The first kappa shape index (κ1) is 19.2. The molecule has 2 fully saturated rings. The first-order valence-electron chi connectivity index (χ1n) is 8.14. The number of aliphatic hydroxyl groups excluding tert-OH is 2. The summed E-state index contributed by atoms with van der Waals surface area (Å²) in [5, 5.41) is 26.4. The van der Waals surface area contributed by atoms with Gasteiger partial charge in [-0.2, -0.15) is 13.2 Å². The predicted octanol–water partition coefficient (Wildman–Crippen LogP) is -0.225. The summed E-state index contributed by atoms with van der Waals surface area (Å²) < 4.78 is 48.8. The van der Waals surface area contributed by atoms with Crippen LogP contribution in [0.4, 0.5) is 19.0 Å². The lowest BCUT2D eigenvalue weighted by atomic mass is 9.95. The van der Waals surface area contributed by atoms with E-state index in [0.717, 1.165) is 6.20 Å². The summed E-state index contributed by atoms with van der Waals surface area (Å²) in [6.45, 7) is 3.39. The summed E-state index contributed by atoms with van der Waals surface area (Å²) in [6.07, 6.45) is -5.99. The smallest absolute Gasteiger partial charge is 0.388 e. The fraction of sp³-hybridized carbons (Fsp3) is 0.733. The van der Waals surface area contributed by atoms with E-state index in [1.165, 1.54) is 0 Å². The Hall–Kier alpha value is -1.53. The Bertz CT molecular complexity index is 629. The van der Waals surface area contributed by atoms with Crippen LogP contribution >= 0.6 is 0 Å². The van der Waals surface area contributed by atoms with Gasteiger partial charge in [0.25, 0.3) is 0 Å². The lowest BCUT2D eigenvalue weighted by Crippen LogP contribution is -2.63. The molecule has 0 saturated carbocycles. The molecule has 2 aliphatic heterocycles. The third kappa shape index (κ3) is 4.23. The van der Waals surface area contributed by atoms with Gasteiger partial charge in [-0.3, -0.25) is 4.98 Å². The average Bonchev–Trinajstić information content (AvgIpc) is 2.56. The second-order valence-corrected chi connectivity index (χ2v) is 6.83. The monoisotopic (exact) mass is 378 g/mol. The molecule has 11 heteroatoms. The van der Waals surface area contributed by atoms with Crippen LogP contribution in [0.1, 0.15) is 12.6 Å². The molecule has 0 amide bonds. The molecule has 0 spiro atoms. The van der Waals surface area contributed by atoms with Gasteiger partial charge in [-0.25, -0.2) is 4.98 Å². The van der Waals surface area contributed by atoms with Crippen LogP contribution in [0.15, 0.2) is 12.4 Å². The number of aromatic nitrogens is 2. The van der Waals surface area contributed by atoms with Gasteiger partial charge in [-0.05, 0) is 6.92 Å². The van der Waals surface area contributed by atoms with Crippen LogP contribution in [-0.4, -0.2) is 76.4 Å². The summed E-state index contributed by atoms with van der Waals surface area (Å²) in [7, 11) is 0. The van der Waals surface area contributed by atoms with E-state index >= 15 is 0 Å². The van der Waals surface area contributed by atoms with Crippen LogP contribution < -0.4 is 10.6 Å². The molecule has 0 aromatic carbocycles. The van der Waals surface area contributed by atoms with Crippen LogP contribution in [0, 0.1) is 0 Å². The molecule has 4 atom stereocenters. The molecule has 1 aromatic rings. The van der Waals surface area contributed by atoms with E-state index in [9.17, 15) is 23.4 Å². The van der Waals surface area contributed by atoms with E-state index < -0.39 is 36.2 Å². The van der Waals surface area contributed by atoms with Crippen molar-refractivity contribution in [3.8, 4) is 0 Å². The number of nitrogens with one attached hydrogen (secondary N) is 2. The van der Waals surface area contributed by atoms with Gasteiger partial charge >= 0.3 is 6.18 Å². The molecule has 146 valence electrons. The maximum Gasteiger partial charge on any atom is 0.434 e. The normalized spacial score (nSPS) is 31.3. The highest BCUT2D eigenvalue weighted by atomic mass is 19.4. The van der Waals surface area contributed by atoms with Crippen molar-refractivity contribution in [3.63, 3.8) is 0 Å². The summed E-state index contributed by atoms with van der Waals surface area (Å²) >= 11 is 0. The second-order valence-electron chi connectivity index (χ2n) is 6.83. The number of hydrogen-bond donors (Lipinski definition) is 4. The van der Waals surface area contributed by atoms with Crippen LogP contribution in [0.2, 0.25) is 0 Å². The number of aliphatic hydroxyl groups is 2. The molecule has 2 saturated heterocycles. The molecule has 26 heavy (non-hydrogen) atoms. The van der Waals surface area contributed by atoms with Crippen molar-refractivity contribution in [3.05, 3.63) is 18.1 Å². The standard InChI is InChI=1S/C15H21F3N4O4/c1-14(6-25-7-14)20-2-9-13(24)12(23)8(5-26-9)21-11-4-19-3-10(22-11)15(16,17)18/h3-4,8-9,12-13,20,23-24H,2,5-7H2,1H3,(H,21,22)/t8?,9-,12?,13?/m1/s1. The zero-order valence-electron chi connectivity index (χ0n) is 14.0. The van der Waals surface area contributed by atoms with E-state index in [1.807, 2.05) is 6.92 Å². The molecule has 0 bridgehead atoms. The highest BCUT2D eigenvalue weighted by molar-refractivity contribution is 5.34. The molecule has 3 unspecified atom stereocenters. The van der Waals surface area contributed by atoms with E-state index in [1.54, 1.807) is 0 Å². The number of nitrogens with zero attached hydrogens (tertiary/aromatic N) is 2. The van der Waals surface area contributed by atoms with Gasteiger partial charge < -0.3 is 30.3 Å². The van der Waals surface area contributed by atoms with Crippen molar-refractivity contribution >= 4 is 5.82 Å². The molecule has 2 aliphatic rings. The lowest BCUT2D eigenvalue weighted by molar-refractivity contribution is -0.145. The second kappa shape index (κ2) is 7.24.